The lowest BCUT2D eigenvalue weighted by molar-refractivity contribution is -0.136. The molecule has 0 bridgehead atoms. The average molecular weight is 547 g/mol. The summed E-state index contributed by atoms with van der Waals surface area (Å²) >= 11 is 1.66. The first-order valence-electron chi connectivity index (χ1n) is 13.9. The number of β-amino-alcohol motifs (C(OH)–C–C–N with tert-alkyl or cyclic N) is 1. The number of aryl methyl sites for hydroxylation is 2. The Balaban J connectivity index is 1.23. The monoisotopic (exact) mass is 546 g/mol. The van der Waals surface area contributed by atoms with Crippen LogP contribution in [0.5, 0.6) is 0 Å². The molecule has 0 aromatic heterocycles. The molecule has 4 rings (SSSR count). The van der Waals surface area contributed by atoms with Crippen LogP contribution >= 0.6 is 11.9 Å². The molecule has 3 N–H and O–H groups in total. The molecule has 0 saturated heterocycles. The molecule has 0 heterocycles. The first kappa shape index (κ1) is 29.3. The van der Waals surface area contributed by atoms with Crippen LogP contribution in [0, 0.1) is 12.8 Å². The first-order valence-corrected chi connectivity index (χ1v) is 14.7. The highest BCUT2D eigenvalue weighted by molar-refractivity contribution is 7.97. The summed E-state index contributed by atoms with van der Waals surface area (Å²) in [4.78, 5) is 12.0. The van der Waals surface area contributed by atoms with E-state index in [0.29, 0.717) is 25.4 Å². The van der Waals surface area contributed by atoms with Gasteiger partial charge in [0.15, 0.2) is 0 Å². The number of hydrogen-bond acceptors (Lipinski definition) is 5. The van der Waals surface area contributed by atoms with Crippen LogP contribution in [0.3, 0.4) is 0 Å². The number of hydrogen-bond donors (Lipinski definition) is 3. The van der Waals surface area contributed by atoms with Crippen molar-refractivity contribution in [1.29, 1.82) is 0 Å². The molecule has 3 aromatic carbocycles. The lowest BCUT2D eigenvalue weighted by Crippen LogP contribution is -2.46. The summed E-state index contributed by atoms with van der Waals surface area (Å²) < 4.78 is 2.10. The Morgan fingerprint density at radius 3 is 2.31 bits per heavy atom. The maximum absolute atomic E-state index is 10.8. The van der Waals surface area contributed by atoms with Crippen molar-refractivity contribution in [2.75, 3.05) is 20.1 Å². The standard InChI is InChI=1S/C33H42N2O3S/c1-23-17-29(26-12-9-24(10-13-26)11-16-32(37)38)14-15-31(23)39-35(4)22-30(36)21-34-33(2,3)20-25-18-27-7-5-6-8-28(27)19-25/h5-10,12-15,17,25,30,34,36H,11,16,18-22H2,1-4H3,(H,37,38). The van der Waals surface area contributed by atoms with Gasteiger partial charge in [0.05, 0.1) is 6.10 Å². The van der Waals surface area contributed by atoms with E-state index < -0.39 is 12.1 Å². The van der Waals surface area contributed by atoms with E-state index in [0.717, 1.165) is 36.0 Å². The number of aliphatic hydroxyl groups is 1. The fraction of sp³-hybridized carbons (Fsp3) is 0.424. The average Bonchev–Trinajstić information content (AvgIpc) is 3.29. The molecular weight excluding hydrogens is 504 g/mol. The molecule has 1 aliphatic carbocycles. The van der Waals surface area contributed by atoms with E-state index in [1.807, 2.05) is 19.2 Å². The molecule has 1 unspecified atom stereocenters. The number of carboxylic acid groups (broad SMARTS) is 1. The fourth-order valence-electron chi connectivity index (χ4n) is 5.60. The summed E-state index contributed by atoms with van der Waals surface area (Å²) in [7, 11) is 2.03. The van der Waals surface area contributed by atoms with E-state index in [1.54, 1.807) is 11.9 Å². The SMILES string of the molecule is Cc1cc(-c2ccc(CCC(=O)O)cc2)ccc1SN(C)CC(O)CNC(C)(C)CC1Cc2ccccc2C1. The molecular formula is C33H42N2O3S. The van der Waals surface area contributed by atoms with Gasteiger partial charge < -0.3 is 15.5 Å². The van der Waals surface area contributed by atoms with E-state index in [4.69, 9.17) is 5.11 Å². The number of rotatable bonds is 13. The molecule has 6 heteroatoms. The number of fused-ring (bicyclic) bond motifs is 1. The first-order chi connectivity index (χ1) is 18.6. The third-order valence-electron chi connectivity index (χ3n) is 7.56. The maximum atomic E-state index is 10.8. The van der Waals surface area contributed by atoms with Crippen LogP contribution in [-0.2, 0) is 24.1 Å². The van der Waals surface area contributed by atoms with Crippen LogP contribution in [-0.4, -0.2) is 52.3 Å². The summed E-state index contributed by atoms with van der Waals surface area (Å²) in [5.74, 6) is -0.118. The van der Waals surface area contributed by atoms with Gasteiger partial charge in [-0.15, -0.1) is 0 Å². The molecule has 5 nitrogen and oxygen atoms in total. The zero-order valence-corrected chi connectivity index (χ0v) is 24.4. The van der Waals surface area contributed by atoms with Crippen molar-refractivity contribution < 1.29 is 15.0 Å². The lowest BCUT2D eigenvalue weighted by atomic mass is 9.88. The Kier molecular flexibility index (Phi) is 9.89. The normalized spacial score (nSPS) is 14.5. The van der Waals surface area contributed by atoms with Crippen molar-refractivity contribution in [2.45, 2.75) is 69.4 Å². The van der Waals surface area contributed by atoms with Crippen molar-refractivity contribution >= 4 is 17.9 Å². The van der Waals surface area contributed by atoms with E-state index >= 15 is 0 Å². The summed E-state index contributed by atoms with van der Waals surface area (Å²) in [5, 5.41) is 23.3. The maximum Gasteiger partial charge on any atom is 0.303 e. The highest BCUT2D eigenvalue weighted by atomic mass is 32.2. The zero-order valence-electron chi connectivity index (χ0n) is 23.6. The largest absolute Gasteiger partial charge is 0.481 e. The third kappa shape index (κ3) is 8.67. The van der Waals surface area contributed by atoms with Gasteiger partial charge >= 0.3 is 5.97 Å². The second-order valence-corrected chi connectivity index (χ2v) is 12.9. The van der Waals surface area contributed by atoms with E-state index in [2.05, 4.69) is 85.0 Å². The quantitative estimate of drug-likeness (QED) is 0.223. The molecule has 0 fully saturated rings. The molecule has 39 heavy (non-hydrogen) atoms. The van der Waals surface area contributed by atoms with Gasteiger partial charge in [0.25, 0.3) is 0 Å². The van der Waals surface area contributed by atoms with Crippen molar-refractivity contribution in [3.05, 3.63) is 89.0 Å². The molecule has 3 aromatic rings. The number of nitrogens with one attached hydrogen (secondary N) is 1. The van der Waals surface area contributed by atoms with Gasteiger partial charge in [-0.2, -0.15) is 0 Å². The van der Waals surface area contributed by atoms with Crippen molar-refractivity contribution in [3.63, 3.8) is 0 Å². The molecule has 1 atom stereocenters. The second-order valence-electron chi connectivity index (χ2n) is 11.6. The number of aliphatic carboxylic acids is 1. The van der Waals surface area contributed by atoms with Crippen LogP contribution < -0.4 is 5.32 Å². The Bertz CT molecular complexity index is 1230. The molecule has 0 radical (unpaired) electrons. The molecule has 0 saturated carbocycles. The van der Waals surface area contributed by atoms with Gasteiger partial charge in [0, 0.05) is 29.9 Å². The lowest BCUT2D eigenvalue weighted by Gasteiger charge is -2.31. The molecule has 208 valence electrons. The molecule has 0 amide bonds. The number of carbonyl (C=O) groups is 1. The van der Waals surface area contributed by atoms with E-state index in [1.165, 1.54) is 21.6 Å². The van der Waals surface area contributed by atoms with Gasteiger partial charge in [-0.25, -0.2) is 4.31 Å². The van der Waals surface area contributed by atoms with E-state index in [9.17, 15) is 9.90 Å². The van der Waals surface area contributed by atoms with Crippen molar-refractivity contribution in [2.24, 2.45) is 5.92 Å². The minimum Gasteiger partial charge on any atom is -0.481 e. The third-order valence-corrected chi connectivity index (χ3v) is 8.68. The summed E-state index contributed by atoms with van der Waals surface area (Å²) in [6, 6.07) is 23.4. The van der Waals surface area contributed by atoms with Gasteiger partial charge in [0.1, 0.15) is 0 Å². The van der Waals surface area contributed by atoms with Gasteiger partial charge in [-0.1, -0.05) is 60.7 Å². The van der Waals surface area contributed by atoms with Crippen LogP contribution in [0.2, 0.25) is 0 Å². The van der Waals surface area contributed by atoms with Crippen molar-refractivity contribution in [1.82, 2.24) is 9.62 Å². The van der Waals surface area contributed by atoms with Crippen LogP contribution in [0.1, 0.15) is 48.9 Å². The Morgan fingerprint density at radius 2 is 1.69 bits per heavy atom. The zero-order chi connectivity index (χ0) is 28.0. The van der Waals surface area contributed by atoms with Gasteiger partial charge in [-0.05, 0) is 111 Å². The van der Waals surface area contributed by atoms with E-state index in [-0.39, 0.29) is 12.0 Å². The van der Waals surface area contributed by atoms with Gasteiger partial charge in [0.2, 0.25) is 0 Å². The van der Waals surface area contributed by atoms with Crippen LogP contribution in [0.25, 0.3) is 11.1 Å². The topological polar surface area (TPSA) is 72.8 Å². The second kappa shape index (κ2) is 13.1. The molecule has 0 spiro atoms. The minimum absolute atomic E-state index is 0.0275. The van der Waals surface area contributed by atoms with Gasteiger partial charge in [-0.3, -0.25) is 4.79 Å². The minimum atomic E-state index is -0.772. The summed E-state index contributed by atoms with van der Waals surface area (Å²) in [5.41, 5.74) is 7.43. The predicted octanol–water partition coefficient (Wildman–Crippen LogP) is 6.15. The number of nitrogens with zero attached hydrogens (tertiary/aromatic N) is 1. The van der Waals surface area contributed by atoms with Crippen LogP contribution in [0.4, 0.5) is 0 Å². The number of aliphatic hydroxyl groups excluding tert-OH is 1. The predicted molar refractivity (Wildman–Crippen MR) is 161 cm³/mol. The van der Waals surface area contributed by atoms with Crippen LogP contribution in [0.15, 0.2) is 71.6 Å². The Morgan fingerprint density at radius 1 is 1.05 bits per heavy atom. The fourth-order valence-corrected chi connectivity index (χ4v) is 6.51. The number of carboxylic acids is 1. The Labute approximate surface area is 237 Å². The highest BCUT2D eigenvalue weighted by Crippen LogP contribution is 2.32. The number of likely N-dealkylation sites (N-methyl/N-ethyl adjacent to an activating group) is 1. The molecule has 0 aliphatic heterocycles. The number of benzene rings is 3. The Hall–Kier alpha value is -2.64. The molecule has 1 aliphatic rings. The summed E-state index contributed by atoms with van der Waals surface area (Å²) in [6.45, 7) is 7.74. The summed E-state index contributed by atoms with van der Waals surface area (Å²) in [6.07, 6.45) is 3.64. The van der Waals surface area contributed by atoms with Crippen molar-refractivity contribution in [3.8, 4) is 11.1 Å². The smallest absolute Gasteiger partial charge is 0.303 e. The highest BCUT2D eigenvalue weighted by Gasteiger charge is 2.28.